The fraction of sp³-hybridized carbons (Fsp3) is 0.0500. The van der Waals surface area contributed by atoms with Gasteiger partial charge in [-0.3, -0.25) is 4.79 Å². The molecule has 0 saturated carbocycles. The number of amides is 1. The zero-order valence-electron chi connectivity index (χ0n) is 14.9. The summed E-state index contributed by atoms with van der Waals surface area (Å²) in [4.78, 5) is 11.9. The molecule has 0 saturated heterocycles. The SMILES string of the molecule is NS(=O)(=O)c1cc(NC(=O)Cc2ccc(F)cc2)ccc1Oc1ccc(Cl)cc1. The average molecular weight is 435 g/mol. The maximum atomic E-state index is 13.0. The van der Waals surface area contributed by atoms with Crippen LogP contribution in [0.3, 0.4) is 0 Å². The van der Waals surface area contributed by atoms with Crippen molar-refractivity contribution in [3.63, 3.8) is 0 Å². The summed E-state index contributed by atoms with van der Waals surface area (Å²) < 4.78 is 42.5. The Morgan fingerprint density at radius 1 is 1.03 bits per heavy atom. The Morgan fingerprint density at radius 2 is 1.69 bits per heavy atom. The lowest BCUT2D eigenvalue weighted by Gasteiger charge is -2.12. The molecule has 9 heteroatoms. The van der Waals surface area contributed by atoms with E-state index in [4.69, 9.17) is 21.5 Å². The van der Waals surface area contributed by atoms with Crippen LogP contribution in [-0.4, -0.2) is 14.3 Å². The highest BCUT2D eigenvalue weighted by atomic mass is 35.5. The van der Waals surface area contributed by atoms with E-state index < -0.39 is 21.7 Å². The summed E-state index contributed by atoms with van der Waals surface area (Å²) >= 11 is 5.82. The summed E-state index contributed by atoms with van der Waals surface area (Å²) in [5, 5.41) is 8.39. The van der Waals surface area contributed by atoms with Crippen LogP contribution in [0.1, 0.15) is 5.56 Å². The summed E-state index contributed by atoms with van der Waals surface area (Å²) in [6.45, 7) is 0. The molecule has 29 heavy (non-hydrogen) atoms. The molecule has 0 heterocycles. The maximum absolute atomic E-state index is 13.0. The molecule has 0 aliphatic heterocycles. The van der Waals surface area contributed by atoms with Crippen molar-refractivity contribution in [2.45, 2.75) is 11.3 Å². The second-order valence-corrected chi connectivity index (χ2v) is 8.08. The normalized spacial score (nSPS) is 11.1. The van der Waals surface area contributed by atoms with Gasteiger partial charge in [-0.25, -0.2) is 17.9 Å². The number of hydrogen-bond acceptors (Lipinski definition) is 4. The van der Waals surface area contributed by atoms with Crippen LogP contribution in [0.2, 0.25) is 5.02 Å². The second kappa shape index (κ2) is 8.60. The average Bonchev–Trinajstić information content (AvgIpc) is 2.66. The molecule has 0 bridgehead atoms. The molecule has 3 rings (SSSR count). The summed E-state index contributed by atoms with van der Waals surface area (Å²) in [7, 11) is -4.13. The lowest BCUT2D eigenvalue weighted by Crippen LogP contribution is -2.17. The van der Waals surface area contributed by atoms with Gasteiger partial charge in [0.05, 0.1) is 6.42 Å². The summed E-state index contributed by atoms with van der Waals surface area (Å²) in [6.07, 6.45) is -0.00594. The molecule has 0 fully saturated rings. The zero-order chi connectivity index (χ0) is 21.0. The first-order valence-electron chi connectivity index (χ1n) is 8.35. The number of rotatable bonds is 6. The number of primary sulfonamides is 1. The smallest absolute Gasteiger partial charge is 0.241 e. The number of carbonyl (C=O) groups is 1. The van der Waals surface area contributed by atoms with Crippen molar-refractivity contribution in [2.75, 3.05) is 5.32 Å². The van der Waals surface area contributed by atoms with Crippen LogP contribution in [0.5, 0.6) is 11.5 Å². The highest BCUT2D eigenvalue weighted by molar-refractivity contribution is 7.89. The Balaban J connectivity index is 1.80. The van der Waals surface area contributed by atoms with Crippen LogP contribution in [0.25, 0.3) is 0 Å². The van der Waals surface area contributed by atoms with Gasteiger partial charge < -0.3 is 10.1 Å². The van der Waals surface area contributed by atoms with E-state index in [0.29, 0.717) is 16.3 Å². The largest absolute Gasteiger partial charge is 0.456 e. The van der Waals surface area contributed by atoms with Crippen LogP contribution in [0.15, 0.2) is 71.6 Å². The van der Waals surface area contributed by atoms with E-state index in [2.05, 4.69) is 5.32 Å². The number of anilines is 1. The molecule has 0 aliphatic rings. The predicted molar refractivity (Wildman–Crippen MR) is 108 cm³/mol. The van der Waals surface area contributed by atoms with Crippen molar-refractivity contribution in [1.29, 1.82) is 0 Å². The summed E-state index contributed by atoms with van der Waals surface area (Å²) in [5.74, 6) is -0.426. The van der Waals surface area contributed by atoms with Gasteiger partial charge in [0.2, 0.25) is 15.9 Å². The van der Waals surface area contributed by atoms with Crippen molar-refractivity contribution in [1.82, 2.24) is 0 Å². The summed E-state index contributed by atoms with van der Waals surface area (Å²) in [5.41, 5.74) is 0.836. The third-order valence-electron chi connectivity index (χ3n) is 3.85. The molecule has 0 spiro atoms. The molecule has 1 amide bonds. The molecule has 6 nitrogen and oxygen atoms in total. The highest BCUT2D eigenvalue weighted by Gasteiger charge is 2.18. The molecular formula is C20H16ClFN2O4S. The van der Waals surface area contributed by atoms with Gasteiger partial charge in [0.1, 0.15) is 22.2 Å². The number of halogens is 2. The number of hydrogen-bond donors (Lipinski definition) is 2. The molecule has 3 aromatic rings. The maximum Gasteiger partial charge on any atom is 0.241 e. The number of carbonyl (C=O) groups excluding carboxylic acids is 1. The molecule has 3 aromatic carbocycles. The quantitative estimate of drug-likeness (QED) is 0.610. The van der Waals surface area contributed by atoms with Gasteiger partial charge in [-0.1, -0.05) is 23.7 Å². The minimum atomic E-state index is -4.13. The van der Waals surface area contributed by atoms with E-state index in [-0.39, 0.29) is 22.8 Å². The molecule has 150 valence electrons. The van der Waals surface area contributed by atoms with Gasteiger partial charge >= 0.3 is 0 Å². The molecule has 0 aromatic heterocycles. The fourth-order valence-electron chi connectivity index (χ4n) is 2.51. The van der Waals surface area contributed by atoms with E-state index >= 15 is 0 Å². The van der Waals surface area contributed by atoms with Gasteiger partial charge in [-0.05, 0) is 60.2 Å². The third-order valence-corrected chi connectivity index (χ3v) is 5.04. The van der Waals surface area contributed by atoms with Crippen molar-refractivity contribution in [3.05, 3.63) is 83.1 Å². The molecule has 0 unspecified atom stereocenters. The first-order chi connectivity index (χ1) is 13.7. The van der Waals surface area contributed by atoms with Crippen LogP contribution in [-0.2, 0) is 21.2 Å². The van der Waals surface area contributed by atoms with Crippen LogP contribution >= 0.6 is 11.6 Å². The Kier molecular flexibility index (Phi) is 6.17. The van der Waals surface area contributed by atoms with Crippen LogP contribution in [0, 0.1) is 5.82 Å². The monoisotopic (exact) mass is 434 g/mol. The first kappa shape index (κ1) is 20.8. The molecule has 0 aliphatic carbocycles. The topological polar surface area (TPSA) is 98.5 Å². The second-order valence-electron chi connectivity index (χ2n) is 6.11. The van der Waals surface area contributed by atoms with E-state index in [9.17, 15) is 17.6 Å². The number of sulfonamides is 1. The lowest BCUT2D eigenvalue weighted by molar-refractivity contribution is -0.115. The molecule has 0 radical (unpaired) electrons. The van der Waals surface area contributed by atoms with E-state index in [1.165, 1.54) is 42.5 Å². The van der Waals surface area contributed by atoms with Gasteiger partial charge in [-0.15, -0.1) is 0 Å². The summed E-state index contributed by atoms with van der Waals surface area (Å²) in [6, 6.07) is 15.9. The number of nitrogens with one attached hydrogen (secondary N) is 1. The minimum Gasteiger partial charge on any atom is -0.456 e. The van der Waals surface area contributed by atoms with Gasteiger partial charge in [-0.2, -0.15) is 0 Å². The van der Waals surface area contributed by atoms with E-state index in [0.717, 1.165) is 0 Å². The molecular weight excluding hydrogens is 419 g/mol. The van der Waals surface area contributed by atoms with Gasteiger partial charge in [0, 0.05) is 10.7 Å². The predicted octanol–water partition coefficient (Wildman–Crippen LogP) is 4.10. The fourth-order valence-corrected chi connectivity index (χ4v) is 3.32. The van der Waals surface area contributed by atoms with E-state index in [1.54, 1.807) is 24.3 Å². The van der Waals surface area contributed by atoms with Crippen molar-refractivity contribution < 1.29 is 22.3 Å². The Bertz CT molecular complexity index is 1130. The highest BCUT2D eigenvalue weighted by Crippen LogP contribution is 2.31. The lowest BCUT2D eigenvalue weighted by atomic mass is 10.1. The van der Waals surface area contributed by atoms with Gasteiger partial charge in [0.15, 0.2) is 0 Å². The van der Waals surface area contributed by atoms with Gasteiger partial charge in [0.25, 0.3) is 0 Å². The van der Waals surface area contributed by atoms with Crippen molar-refractivity contribution in [3.8, 4) is 11.5 Å². The zero-order valence-corrected chi connectivity index (χ0v) is 16.5. The standard InChI is InChI=1S/C20H16ClFN2O4S/c21-14-3-8-17(9-4-14)28-18-10-7-16(12-19(18)29(23,26)27)24-20(25)11-13-1-5-15(22)6-2-13/h1-10,12H,11H2,(H,24,25)(H2,23,26,27). The van der Waals surface area contributed by atoms with Crippen LogP contribution in [0.4, 0.5) is 10.1 Å². The first-order valence-corrected chi connectivity index (χ1v) is 10.3. The Morgan fingerprint density at radius 3 is 2.31 bits per heavy atom. The Labute approximate surface area is 172 Å². The number of nitrogens with two attached hydrogens (primary N) is 1. The third kappa shape index (κ3) is 5.77. The van der Waals surface area contributed by atoms with Crippen molar-refractivity contribution >= 4 is 33.2 Å². The minimum absolute atomic E-state index is 0.00589. The van der Waals surface area contributed by atoms with Crippen molar-refractivity contribution in [2.24, 2.45) is 5.14 Å². The number of ether oxygens (including phenoxy) is 1. The Hall–Kier alpha value is -2.94. The number of benzene rings is 3. The molecule has 3 N–H and O–H groups in total. The van der Waals surface area contributed by atoms with E-state index in [1.807, 2.05) is 0 Å². The van der Waals surface area contributed by atoms with Crippen LogP contribution < -0.4 is 15.2 Å². The molecule has 0 atom stereocenters.